The smallest absolute Gasteiger partial charge is 0.237 e. The van der Waals surface area contributed by atoms with Gasteiger partial charge in [-0.05, 0) is 6.07 Å². The zero-order valence-corrected chi connectivity index (χ0v) is 8.66. The van der Waals surface area contributed by atoms with Gasteiger partial charge in [-0.3, -0.25) is 4.79 Å². The van der Waals surface area contributed by atoms with Crippen LogP contribution in [0.15, 0.2) is 24.3 Å². The molecule has 0 saturated carbocycles. The maximum atomic E-state index is 11.1. The van der Waals surface area contributed by atoms with Crippen LogP contribution >= 0.6 is 11.6 Å². The molecule has 3 nitrogen and oxygen atoms in total. The van der Waals surface area contributed by atoms with Gasteiger partial charge in [-0.25, -0.2) is 0 Å². The highest BCUT2D eigenvalue weighted by Crippen LogP contribution is 2.17. The van der Waals surface area contributed by atoms with Gasteiger partial charge in [-0.15, -0.1) is 11.6 Å². The zero-order chi connectivity index (χ0) is 10.6. The van der Waals surface area contributed by atoms with Gasteiger partial charge in [0.1, 0.15) is 11.6 Å². The summed E-state index contributed by atoms with van der Waals surface area (Å²) in [6.07, 6.45) is 0. The van der Waals surface area contributed by atoms with E-state index in [1.54, 1.807) is 25.2 Å². The SMILES string of the molecule is CN(Cc1ccccc1O)C(=O)CCl. The highest BCUT2D eigenvalue weighted by molar-refractivity contribution is 6.27. The van der Waals surface area contributed by atoms with E-state index in [9.17, 15) is 9.90 Å². The molecule has 0 unspecified atom stereocenters. The highest BCUT2D eigenvalue weighted by Gasteiger charge is 2.09. The van der Waals surface area contributed by atoms with Crippen LogP contribution in [-0.4, -0.2) is 28.8 Å². The lowest BCUT2D eigenvalue weighted by atomic mass is 10.2. The van der Waals surface area contributed by atoms with Crippen LogP contribution in [0.1, 0.15) is 5.56 Å². The molecule has 1 aromatic rings. The Morgan fingerprint density at radius 2 is 2.14 bits per heavy atom. The summed E-state index contributed by atoms with van der Waals surface area (Å²) in [4.78, 5) is 12.6. The molecular formula is C10H12ClNO2. The van der Waals surface area contributed by atoms with Gasteiger partial charge in [-0.1, -0.05) is 18.2 Å². The molecule has 1 aromatic carbocycles. The summed E-state index contributed by atoms with van der Waals surface area (Å²) in [7, 11) is 1.65. The number of phenols is 1. The monoisotopic (exact) mass is 213 g/mol. The minimum atomic E-state index is -0.157. The first kappa shape index (κ1) is 10.9. The number of halogens is 1. The van der Waals surface area contributed by atoms with E-state index < -0.39 is 0 Å². The molecular weight excluding hydrogens is 202 g/mol. The third kappa shape index (κ3) is 2.64. The lowest BCUT2D eigenvalue weighted by Crippen LogP contribution is -2.27. The number of hydrogen-bond acceptors (Lipinski definition) is 2. The number of aromatic hydroxyl groups is 1. The molecule has 0 bridgehead atoms. The fraction of sp³-hybridized carbons (Fsp3) is 0.300. The molecule has 1 rings (SSSR count). The summed E-state index contributed by atoms with van der Waals surface area (Å²) < 4.78 is 0. The minimum Gasteiger partial charge on any atom is -0.508 e. The molecule has 1 N–H and O–H groups in total. The van der Waals surface area contributed by atoms with E-state index in [1.807, 2.05) is 6.07 Å². The summed E-state index contributed by atoms with van der Waals surface area (Å²) in [5.74, 6) is 0.000954. The predicted molar refractivity (Wildman–Crippen MR) is 55.3 cm³/mol. The number of carbonyl (C=O) groups excluding carboxylic acids is 1. The minimum absolute atomic E-state index is 0.0376. The largest absolute Gasteiger partial charge is 0.508 e. The van der Waals surface area contributed by atoms with Crippen molar-refractivity contribution < 1.29 is 9.90 Å². The average molecular weight is 214 g/mol. The first-order valence-corrected chi connectivity index (χ1v) is 4.75. The summed E-state index contributed by atoms with van der Waals surface area (Å²) >= 11 is 5.40. The van der Waals surface area contributed by atoms with Crippen molar-refractivity contribution in [3.63, 3.8) is 0 Å². The van der Waals surface area contributed by atoms with Crippen LogP contribution in [0, 0.1) is 0 Å². The van der Waals surface area contributed by atoms with Crippen LogP contribution in [0.3, 0.4) is 0 Å². The normalized spacial score (nSPS) is 9.86. The summed E-state index contributed by atoms with van der Waals surface area (Å²) in [6.45, 7) is 0.373. The topological polar surface area (TPSA) is 40.5 Å². The number of benzene rings is 1. The van der Waals surface area contributed by atoms with Crippen LogP contribution in [0.4, 0.5) is 0 Å². The van der Waals surface area contributed by atoms with Crippen molar-refractivity contribution in [3.8, 4) is 5.75 Å². The molecule has 0 saturated heterocycles. The molecule has 0 heterocycles. The van der Waals surface area contributed by atoms with Crippen molar-refractivity contribution >= 4 is 17.5 Å². The third-order valence-electron chi connectivity index (χ3n) is 1.94. The number of para-hydroxylation sites is 1. The van der Waals surface area contributed by atoms with E-state index in [2.05, 4.69) is 0 Å². The van der Waals surface area contributed by atoms with Gasteiger partial charge >= 0.3 is 0 Å². The van der Waals surface area contributed by atoms with Gasteiger partial charge in [0.25, 0.3) is 0 Å². The zero-order valence-electron chi connectivity index (χ0n) is 7.90. The summed E-state index contributed by atoms with van der Waals surface area (Å²) in [5, 5.41) is 9.44. The van der Waals surface area contributed by atoms with Crippen molar-refractivity contribution in [2.75, 3.05) is 12.9 Å². The highest BCUT2D eigenvalue weighted by atomic mass is 35.5. The number of carbonyl (C=O) groups is 1. The van der Waals surface area contributed by atoms with Gasteiger partial charge in [0.2, 0.25) is 5.91 Å². The lowest BCUT2D eigenvalue weighted by Gasteiger charge is -2.16. The maximum Gasteiger partial charge on any atom is 0.237 e. The molecule has 0 spiro atoms. The average Bonchev–Trinajstić information content (AvgIpc) is 2.20. The number of rotatable bonds is 3. The van der Waals surface area contributed by atoms with Crippen molar-refractivity contribution in [1.82, 2.24) is 4.90 Å². The number of hydrogen-bond donors (Lipinski definition) is 1. The van der Waals surface area contributed by atoms with E-state index in [1.165, 1.54) is 4.90 Å². The molecule has 0 aliphatic rings. The molecule has 4 heteroatoms. The fourth-order valence-electron chi connectivity index (χ4n) is 1.09. The Bertz CT molecular complexity index is 328. The van der Waals surface area contributed by atoms with Crippen LogP contribution in [0.5, 0.6) is 5.75 Å². The second-order valence-corrected chi connectivity index (χ2v) is 3.28. The predicted octanol–water partition coefficient (Wildman–Crippen LogP) is 1.59. The molecule has 1 amide bonds. The van der Waals surface area contributed by atoms with E-state index in [0.717, 1.165) is 0 Å². The second-order valence-electron chi connectivity index (χ2n) is 3.01. The van der Waals surface area contributed by atoms with Crippen molar-refractivity contribution in [3.05, 3.63) is 29.8 Å². The first-order chi connectivity index (χ1) is 6.65. The van der Waals surface area contributed by atoms with Crippen LogP contribution in [0.25, 0.3) is 0 Å². The van der Waals surface area contributed by atoms with E-state index in [0.29, 0.717) is 12.1 Å². The van der Waals surface area contributed by atoms with Gasteiger partial charge in [-0.2, -0.15) is 0 Å². The molecule has 0 fully saturated rings. The van der Waals surface area contributed by atoms with Gasteiger partial charge < -0.3 is 10.0 Å². The molecule has 14 heavy (non-hydrogen) atoms. The number of nitrogens with zero attached hydrogens (tertiary/aromatic N) is 1. The second kappa shape index (κ2) is 4.86. The van der Waals surface area contributed by atoms with Crippen molar-refractivity contribution in [2.45, 2.75) is 6.54 Å². The first-order valence-electron chi connectivity index (χ1n) is 4.22. The van der Waals surface area contributed by atoms with E-state index in [-0.39, 0.29) is 17.5 Å². The maximum absolute atomic E-state index is 11.1. The van der Waals surface area contributed by atoms with Gasteiger partial charge in [0.15, 0.2) is 0 Å². The molecule has 0 aliphatic carbocycles. The molecule has 0 atom stereocenters. The van der Waals surface area contributed by atoms with Crippen LogP contribution in [0.2, 0.25) is 0 Å². The quantitative estimate of drug-likeness (QED) is 0.775. The Morgan fingerprint density at radius 1 is 1.50 bits per heavy atom. The molecule has 0 aliphatic heterocycles. The number of amides is 1. The standard InChI is InChI=1S/C10H12ClNO2/c1-12(10(14)6-11)7-8-4-2-3-5-9(8)13/h2-5,13H,6-7H2,1H3. The molecule has 0 aromatic heterocycles. The lowest BCUT2D eigenvalue weighted by molar-refractivity contribution is -0.127. The number of alkyl halides is 1. The Kier molecular flexibility index (Phi) is 3.77. The summed E-state index contributed by atoms with van der Waals surface area (Å²) in [6, 6.07) is 6.91. The molecule has 76 valence electrons. The van der Waals surface area contributed by atoms with Gasteiger partial charge in [0.05, 0.1) is 0 Å². The summed E-state index contributed by atoms with van der Waals surface area (Å²) in [5.41, 5.74) is 0.716. The molecule has 0 radical (unpaired) electrons. The Balaban J connectivity index is 2.69. The number of phenolic OH excluding ortho intramolecular Hbond substituents is 1. The Hall–Kier alpha value is -1.22. The van der Waals surface area contributed by atoms with E-state index >= 15 is 0 Å². The van der Waals surface area contributed by atoms with Crippen molar-refractivity contribution in [1.29, 1.82) is 0 Å². The Morgan fingerprint density at radius 3 is 2.71 bits per heavy atom. The van der Waals surface area contributed by atoms with Crippen LogP contribution in [-0.2, 0) is 11.3 Å². The van der Waals surface area contributed by atoms with E-state index in [4.69, 9.17) is 11.6 Å². The fourth-order valence-corrected chi connectivity index (χ4v) is 1.29. The Labute approximate surface area is 87.9 Å². The van der Waals surface area contributed by atoms with Crippen molar-refractivity contribution in [2.24, 2.45) is 0 Å². The third-order valence-corrected chi connectivity index (χ3v) is 2.17. The van der Waals surface area contributed by atoms with Gasteiger partial charge in [0, 0.05) is 19.2 Å². The van der Waals surface area contributed by atoms with Crippen LogP contribution < -0.4 is 0 Å².